The van der Waals surface area contributed by atoms with Gasteiger partial charge in [-0.2, -0.15) is 17.0 Å². The lowest BCUT2D eigenvalue weighted by Gasteiger charge is -2.30. The van der Waals surface area contributed by atoms with Gasteiger partial charge in [-0.1, -0.05) is 13.8 Å². The first-order chi connectivity index (χ1) is 10.4. The minimum absolute atomic E-state index is 0.00465. The summed E-state index contributed by atoms with van der Waals surface area (Å²) in [4.78, 5) is 2.39. The third kappa shape index (κ3) is 4.41. The van der Waals surface area contributed by atoms with Crippen LogP contribution in [-0.4, -0.2) is 81.0 Å². The van der Waals surface area contributed by atoms with Crippen LogP contribution in [0.3, 0.4) is 0 Å². The summed E-state index contributed by atoms with van der Waals surface area (Å²) in [5, 5.41) is 0. The molecule has 0 amide bonds. The molecular formula is C15H31N3O3S. The Morgan fingerprint density at radius 2 is 1.86 bits per heavy atom. The Balaban J connectivity index is 2.00. The van der Waals surface area contributed by atoms with Crippen LogP contribution >= 0.6 is 0 Å². The molecular weight excluding hydrogens is 302 g/mol. The van der Waals surface area contributed by atoms with E-state index in [1.54, 1.807) is 15.7 Å². The maximum absolute atomic E-state index is 12.9. The number of hydrogen-bond donors (Lipinski definition) is 0. The van der Waals surface area contributed by atoms with E-state index in [2.05, 4.69) is 18.7 Å². The number of nitrogens with zero attached hydrogens (tertiary/aromatic N) is 3. The summed E-state index contributed by atoms with van der Waals surface area (Å²) in [6.45, 7) is 9.64. The van der Waals surface area contributed by atoms with Crippen LogP contribution in [0.5, 0.6) is 0 Å². The minimum Gasteiger partial charge on any atom is -0.383 e. The molecule has 2 aliphatic heterocycles. The molecule has 2 rings (SSSR count). The molecule has 2 fully saturated rings. The highest BCUT2D eigenvalue weighted by atomic mass is 32.2. The molecule has 0 saturated carbocycles. The molecule has 130 valence electrons. The van der Waals surface area contributed by atoms with Crippen LogP contribution in [-0.2, 0) is 14.9 Å². The molecule has 0 N–H and O–H groups in total. The predicted molar refractivity (Wildman–Crippen MR) is 88.0 cm³/mol. The van der Waals surface area contributed by atoms with Gasteiger partial charge in [0.05, 0.1) is 6.61 Å². The lowest BCUT2D eigenvalue weighted by Crippen LogP contribution is -2.48. The fourth-order valence-corrected chi connectivity index (χ4v) is 5.37. The van der Waals surface area contributed by atoms with Crippen LogP contribution in [0.25, 0.3) is 0 Å². The number of rotatable bonds is 6. The van der Waals surface area contributed by atoms with Crippen molar-refractivity contribution >= 4 is 10.2 Å². The first-order valence-corrected chi connectivity index (χ1v) is 9.83. The molecule has 6 nitrogen and oxygen atoms in total. The van der Waals surface area contributed by atoms with Gasteiger partial charge in [-0.15, -0.1) is 0 Å². The quantitative estimate of drug-likeness (QED) is 0.728. The largest absolute Gasteiger partial charge is 0.383 e. The standard InChI is InChI=1S/C15H31N3O3S/c1-14(2)12-16-7-5-8-17(11-10-16)22(19,20)18-9-4-6-15(18)13-21-3/h14-15H,4-13H2,1-3H3. The summed E-state index contributed by atoms with van der Waals surface area (Å²) in [5.74, 6) is 0.618. The van der Waals surface area contributed by atoms with Crippen molar-refractivity contribution in [3.63, 3.8) is 0 Å². The van der Waals surface area contributed by atoms with Gasteiger partial charge in [0.15, 0.2) is 0 Å². The van der Waals surface area contributed by atoms with E-state index in [4.69, 9.17) is 4.74 Å². The van der Waals surface area contributed by atoms with Crippen molar-refractivity contribution in [2.24, 2.45) is 5.92 Å². The monoisotopic (exact) mass is 333 g/mol. The van der Waals surface area contributed by atoms with Crippen LogP contribution < -0.4 is 0 Å². The molecule has 1 unspecified atom stereocenters. The fraction of sp³-hybridized carbons (Fsp3) is 1.00. The molecule has 0 spiro atoms. The van der Waals surface area contributed by atoms with Gasteiger partial charge in [-0.25, -0.2) is 0 Å². The zero-order chi connectivity index (χ0) is 16.2. The lowest BCUT2D eigenvalue weighted by molar-refractivity contribution is 0.145. The lowest BCUT2D eigenvalue weighted by atomic mass is 10.2. The highest BCUT2D eigenvalue weighted by Crippen LogP contribution is 2.24. The maximum Gasteiger partial charge on any atom is 0.282 e. The Bertz CT molecular complexity index is 441. The Labute approximate surface area is 135 Å². The van der Waals surface area contributed by atoms with E-state index < -0.39 is 10.2 Å². The average molecular weight is 333 g/mol. The summed E-state index contributed by atoms with van der Waals surface area (Å²) in [5.41, 5.74) is 0. The fourth-order valence-electron chi connectivity index (χ4n) is 3.50. The smallest absolute Gasteiger partial charge is 0.282 e. The van der Waals surface area contributed by atoms with Gasteiger partial charge in [-0.05, 0) is 31.7 Å². The Morgan fingerprint density at radius 1 is 1.09 bits per heavy atom. The molecule has 7 heteroatoms. The van der Waals surface area contributed by atoms with Crippen LogP contribution in [0.1, 0.15) is 33.1 Å². The van der Waals surface area contributed by atoms with Crippen LogP contribution in [0.15, 0.2) is 0 Å². The van der Waals surface area contributed by atoms with Crippen molar-refractivity contribution in [2.75, 3.05) is 53.0 Å². The van der Waals surface area contributed by atoms with Crippen LogP contribution in [0.4, 0.5) is 0 Å². The summed E-state index contributed by atoms with van der Waals surface area (Å²) in [6, 6.07) is 0.00465. The van der Waals surface area contributed by atoms with Crippen LogP contribution in [0, 0.1) is 5.92 Å². The predicted octanol–water partition coefficient (Wildman–Crippen LogP) is 1.01. The van der Waals surface area contributed by atoms with Crippen molar-refractivity contribution in [3.8, 4) is 0 Å². The number of hydrogen-bond acceptors (Lipinski definition) is 4. The third-order valence-electron chi connectivity index (χ3n) is 4.48. The zero-order valence-electron chi connectivity index (χ0n) is 14.2. The van der Waals surface area contributed by atoms with E-state index in [1.165, 1.54) is 0 Å². The Kier molecular flexibility index (Phi) is 6.64. The minimum atomic E-state index is -3.35. The number of methoxy groups -OCH3 is 1. The van der Waals surface area contributed by atoms with Crippen molar-refractivity contribution < 1.29 is 13.2 Å². The normalized spacial score (nSPS) is 26.6. The molecule has 1 atom stereocenters. The second-order valence-electron chi connectivity index (χ2n) is 6.82. The SMILES string of the molecule is COCC1CCCN1S(=O)(=O)N1CCCN(CC(C)C)CC1. The molecule has 0 aromatic carbocycles. The van der Waals surface area contributed by atoms with Gasteiger partial charge in [0.2, 0.25) is 0 Å². The van der Waals surface area contributed by atoms with Gasteiger partial charge in [0.25, 0.3) is 10.2 Å². The molecule has 22 heavy (non-hydrogen) atoms. The van der Waals surface area contributed by atoms with Gasteiger partial charge in [0.1, 0.15) is 0 Å². The van der Waals surface area contributed by atoms with Gasteiger partial charge in [-0.3, -0.25) is 0 Å². The topological polar surface area (TPSA) is 53.1 Å². The highest BCUT2D eigenvalue weighted by molar-refractivity contribution is 7.86. The summed E-state index contributed by atoms with van der Waals surface area (Å²) in [7, 11) is -1.71. The van der Waals surface area contributed by atoms with E-state index in [0.717, 1.165) is 38.9 Å². The van der Waals surface area contributed by atoms with Crippen LogP contribution in [0.2, 0.25) is 0 Å². The van der Waals surface area contributed by atoms with E-state index >= 15 is 0 Å². The highest BCUT2D eigenvalue weighted by Gasteiger charge is 2.38. The van der Waals surface area contributed by atoms with Crippen molar-refractivity contribution in [2.45, 2.75) is 39.2 Å². The molecule has 2 heterocycles. The Morgan fingerprint density at radius 3 is 2.55 bits per heavy atom. The Hall–Kier alpha value is -0.210. The first kappa shape index (κ1) is 18.1. The molecule has 2 saturated heterocycles. The zero-order valence-corrected chi connectivity index (χ0v) is 15.0. The third-order valence-corrected chi connectivity index (χ3v) is 6.57. The van der Waals surface area contributed by atoms with E-state index in [1.807, 2.05) is 0 Å². The summed E-state index contributed by atoms with van der Waals surface area (Å²) < 4.78 is 34.4. The molecule has 0 aliphatic carbocycles. The van der Waals surface area contributed by atoms with E-state index in [0.29, 0.717) is 32.2 Å². The van der Waals surface area contributed by atoms with Gasteiger partial charge < -0.3 is 9.64 Å². The van der Waals surface area contributed by atoms with Crippen molar-refractivity contribution in [1.29, 1.82) is 0 Å². The molecule has 2 aliphatic rings. The summed E-state index contributed by atoms with van der Waals surface area (Å²) >= 11 is 0. The number of ether oxygens (including phenoxy) is 1. The van der Waals surface area contributed by atoms with Gasteiger partial charge >= 0.3 is 0 Å². The van der Waals surface area contributed by atoms with Crippen molar-refractivity contribution in [1.82, 2.24) is 13.5 Å². The second-order valence-corrected chi connectivity index (χ2v) is 8.70. The van der Waals surface area contributed by atoms with E-state index in [9.17, 15) is 8.42 Å². The maximum atomic E-state index is 12.9. The second kappa shape index (κ2) is 8.06. The average Bonchev–Trinajstić information content (AvgIpc) is 2.78. The summed E-state index contributed by atoms with van der Waals surface area (Å²) in [6.07, 6.45) is 2.75. The molecule has 0 radical (unpaired) electrons. The van der Waals surface area contributed by atoms with Crippen molar-refractivity contribution in [3.05, 3.63) is 0 Å². The first-order valence-electron chi connectivity index (χ1n) is 8.43. The van der Waals surface area contributed by atoms with Gasteiger partial charge in [0, 0.05) is 45.9 Å². The molecule has 0 bridgehead atoms. The molecule has 0 aromatic heterocycles. The van der Waals surface area contributed by atoms with E-state index in [-0.39, 0.29) is 6.04 Å². The molecule has 0 aromatic rings.